The van der Waals surface area contributed by atoms with E-state index in [1.165, 1.54) is 24.5 Å². The van der Waals surface area contributed by atoms with Gasteiger partial charge < -0.3 is 10.1 Å². The summed E-state index contributed by atoms with van der Waals surface area (Å²) in [6, 6.07) is 9.65. The predicted molar refractivity (Wildman–Crippen MR) is 74.6 cm³/mol. The number of aromatic nitrogens is 1. The zero-order valence-electron chi connectivity index (χ0n) is 10.4. The lowest BCUT2D eigenvalue weighted by Gasteiger charge is -2.06. The monoisotopic (exact) mass is 290 g/mol. The molecule has 0 saturated heterocycles. The summed E-state index contributed by atoms with van der Waals surface area (Å²) in [5.41, 5.74) is 0.929. The van der Waals surface area contributed by atoms with Gasteiger partial charge >= 0.3 is 5.97 Å². The Morgan fingerprint density at radius 2 is 1.75 bits per heavy atom. The van der Waals surface area contributed by atoms with Crippen LogP contribution in [0.4, 0.5) is 5.69 Å². The molecule has 2 aromatic rings. The second kappa shape index (κ2) is 6.68. The number of carbonyl (C=O) groups is 2. The molecule has 102 valence electrons. The summed E-state index contributed by atoms with van der Waals surface area (Å²) in [7, 11) is 0. The summed E-state index contributed by atoms with van der Waals surface area (Å²) in [6.07, 6.45) is 2.95. The van der Waals surface area contributed by atoms with E-state index in [1.54, 1.807) is 24.3 Å². The minimum absolute atomic E-state index is 0.347. The predicted octanol–water partition coefficient (Wildman–Crippen LogP) is 2.53. The van der Waals surface area contributed by atoms with Crippen molar-refractivity contribution in [3.63, 3.8) is 0 Å². The van der Waals surface area contributed by atoms with Crippen molar-refractivity contribution >= 4 is 29.2 Å². The van der Waals surface area contributed by atoms with Crippen LogP contribution in [-0.2, 0) is 9.53 Å². The quantitative estimate of drug-likeness (QED) is 0.879. The minimum atomic E-state index is -0.571. The molecular weight excluding hydrogens is 280 g/mol. The molecule has 2 rings (SSSR count). The van der Waals surface area contributed by atoms with Gasteiger partial charge in [0.2, 0.25) is 0 Å². The Hall–Kier alpha value is -2.40. The van der Waals surface area contributed by atoms with E-state index in [0.717, 1.165) is 0 Å². The molecule has 0 aliphatic rings. The van der Waals surface area contributed by atoms with Crippen LogP contribution in [0, 0.1) is 0 Å². The van der Waals surface area contributed by atoms with Crippen molar-refractivity contribution in [1.29, 1.82) is 0 Å². The van der Waals surface area contributed by atoms with E-state index in [0.29, 0.717) is 16.3 Å². The number of pyridine rings is 1. The number of carbonyl (C=O) groups excluding carboxylic acids is 2. The van der Waals surface area contributed by atoms with Gasteiger partial charge in [0.15, 0.2) is 6.61 Å². The molecule has 0 unspecified atom stereocenters. The normalized spacial score (nSPS) is 9.85. The molecule has 1 heterocycles. The fraction of sp³-hybridized carbons (Fsp3) is 0.0714. The molecule has 6 heteroatoms. The van der Waals surface area contributed by atoms with Crippen LogP contribution >= 0.6 is 11.6 Å². The molecule has 0 bridgehead atoms. The van der Waals surface area contributed by atoms with Crippen molar-refractivity contribution < 1.29 is 14.3 Å². The van der Waals surface area contributed by atoms with Crippen LogP contribution in [0.15, 0.2) is 48.8 Å². The van der Waals surface area contributed by atoms with E-state index in [4.69, 9.17) is 16.3 Å². The largest absolute Gasteiger partial charge is 0.452 e. The summed E-state index contributed by atoms with van der Waals surface area (Å²) in [4.78, 5) is 27.0. The minimum Gasteiger partial charge on any atom is -0.452 e. The highest BCUT2D eigenvalue weighted by atomic mass is 35.5. The fourth-order valence-corrected chi connectivity index (χ4v) is 1.56. The van der Waals surface area contributed by atoms with Crippen LogP contribution < -0.4 is 5.32 Å². The SMILES string of the molecule is O=C(COC(=O)c1ccncc1)Nc1ccc(Cl)cc1. The van der Waals surface area contributed by atoms with Gasteiger partial charge in [-0.15, -0.1) is 0 Å². The number of halogens is 1. The molecule has 0 radical (unpaired) electrons. The molecule has 1 amide bonds. The molecule has 20 heavy (non-hydrogen) atoms. The van der Waals surface area contributed by atoms with Crippen LogP contribution in [0.2, 0.25) is 5.02 Å². The number of hydrogen-bond donors (Lipinski definition) is 1. The molecule has 1 aromatic carbocycles. The second-order valence-electron chi connectivity index (χ2n) is 3.87. The van der Waals surface area contributed by atoms with Gasteiger partial charge in [0.1, 0.15) is 0 Å². The molecule has 0 aliphatic carbocycles. The van der Waals surface area contributed by atoms with E-state index in [9.17, 15) is 9.59 Å². The van der Waals surface area contributed by atoms with Gasteiger partial charge in [-0.2, -0.15) is 0 Å². The van der Waals surface area contributed by atoms with Gasteiger partial charge in [0, 0.05) is 23.1 Å². The average Bonchev–Trinajstić information content (AvgIpc) is 2.48. The van der Waals surface area contributed by atoms with E-state index in [-0.39, 0.29) is 6.61 Å². The number of amides is 1. The van der Waals surface area contributed by atoms with Crippen LogP contribution in [0.1, 0.15) is 10.4 Å². The lowest BCUT2D eigenvalue weighted by atomic mass is 10.3. The maximum Gasteiger partial charge on any atom is 0.338 e. The Kier molecular flexibility index (Phi) is 4.68. The number of hydrogen-bond acceptors (Lipinski definition) is 4. The molecule has 0 aliphatic heterocycles. The Labute approximate surface area is 120 Å². The van der Waals surface area contributed by atoms with Gasteiger partial charge in [0.05, 0.1) is 5.56 Å². The molecule has 0 saturated carbocycles. The average molecular weight is 291 g/mol. The second-order valence-corrected chi connectivity index (χ2v) is 4.30. The van der Waals surface area contributed by atoms with Gasteiger partial charge in [-0.3, -0.25) is 9.78 Å². The highest BCUT2D eigenvalue weighted by Crippen LogP contribution is 2.13. The Morgan fingerprint density at radius 1 is 1.10 bits per heavy atom. The first-order chi connectivity index (χ1) is 9.65. The maximum atomic E-state index is 11.6. The van der Waals surface area contributed by atoms with E-state index in [2.05, 4.69) is 10.3 Å². The number of benzene rings is 1. The summed E-state index contributed by atoms with van der Waals surface area (Å²) in [5.74, 6) is -0.992. The first-order valence-electron chi connectivity index (χ1n) is 5.78. The topological polar surface area (TPSA) is 68.3 Å². The molecular formula is C14H11ClN2O3. The molecule has 5 nitrogen and oxygen atoms in total. The van der Waals surface area contributed by atoms with Crippen LogP contribution in [0.3, 0.4) is 0 Å². The zero-order chi connectivity index (χ0) is 14.4. The van der Waals surface area contributed by atoms with E-state index < -0.39 is 11.9 Å². The number of esters is 1. The van der Waals surface area contributed by atoms with Crippen molar-refractivity contribution in [2.75, 3.05) is 11.9 Å². The Bertz CT molecular complexity index is 600. The van der Waals surface area contributed by atoms with Crippen molar-refractivity contribution in [1.82, 2.24) is 4.98 Å². The van der Waals surface area contributed by atoms with Gasteiger partial charge in [0.25, 0.3) is 5.91 Å². The van der Waals surface area contributed by atoms with E-state index >= 15 is 0 Å². The first kappa shape index (κ1) is 14.0. The third kappa shape index (κ3) is 4.07. The Balaban J connectivity index is 1.83. The highest BCUT2D eigenvalue weighted by molar-refractivity contribution is 6.30. The molecule has 0 fully saturated rings. The number of anilines is 1. The summed E-state index contributed by atoms with van der Waals surface area (Å²) >= 11 is 5.73. The molecule has 1 aromatic heterocycles. The third-order valence-electron chi connectivity index (χ3n) is 2.38. The van der Waals surface area contributed by atoms with Crippen molar-refractivity contribution in [3.8, 4) is 0 Å². The molecule has 0 spiro atoms. The number of nitrogens with one attached hydrogen (secondary N) is 1. The van der Waals surface area contributed by atoms with Crippen LogP contribution in [0.25, 0.3) is 0 Å². The van der Waals surface area contributed by atoms with Crippen LogP contribution in [0.5, 0.6) is 0 Å². The Morgan fingerprint density at radius 3 is 2.40 bits per heavy atom. The fourth-order valence-electron chi connectivity index (χ4n) is 1.43. The van der Waals surface area contributed by atoms with Crippen molar-refractivity contribution in [2.45, 2.75) is 0 Å². The number of nitrogens with zero attached hydrogens (tertiary/aromatic N) is 1. The lowest BCUT2D eigenvalue weighted by molar-refractivity contribution is -0.119. The van der Waals surface area contributed by atoms with Gasteiger partial charge in [-0.05, 0) is 36.4 Å². The number of rotatable bonds is 4. The van der Waals surface area contributed by atoms with E-state index in [1.807, 2.05) is 0 Å². The maximum absolute atomic E-state index is 11.6. The summed E-state index contributed by atoms with van der Waals surface area (Å²) in [6.45, 7) is -0.357. The van der Waals surface area contributed by atoms with Gasteiger partial charge in [-0.25, -0.2) is 4.79 Å². The summed E-state index contributed by atoms with van der Waals surface area (Å²) in [5, 5.41) is 3.16. The summed E-state index contributed by atoms with van der Waals surface area (Å²) < 4.78 is 4.88. The molecule has 1 N–H and O–H groups in total. The van der Waals surface area contributed by atoms with Crippen LogP contribution in [-0.4, -0.2) is 23.5 Å². The third-order valence-corrected chi connectivity index (χ3v) is 2.63. The lowest BCUT2D eigenvalue weighted by Crippen LogP contribution is -2.20. The van der Waals surface area contributed by atoms with Crippen molar-refractivity contribution in [2.24, 2.45) is 0 Å². The standard InChI is InChI=1S/C14H11ClN2O3/c15-11-1-3-12(4-2-11)17-13(18)9-20-14(19)10-5-7-16-8-6-10/h1-8H,9H2,(H,17,18). The molecule has 0 atom stereocenters. The highest BCUT2D eigenvalue weighted by Gasteiger charge is 2.09. The zero-order valence-corrected chi connectivity index (χ0v) is 11.1. The van der Waals surface area contributed by atoms with Gasteiger partial charge in [-0.1, -0.05) is 11.6 Å². The number of ether oxygens (including phenoxy) is 1. The first-order valence-corrected chi connectivity index (χ1v) is 6.15. The smallest absolute Gasteiger partial charge is 0.338 e. The van der Waals surface area contributed by atoms with Crippen molar-refractivity contribution in [3.05, 3.63) is 59.4 Å².